The molecule has 0 spiro atoms. The maximum Gasteiger partial charge on any atom is 0.377 e. The monoisotopic (exact) mass is 226 g/mol. The van der Waals surface area contributed by atoms with Gasteiger partial charge in [-0.2, -0.15) is 0 Å². The van der Waals surface area contributed by atoms with Gasteiger partial charge in [-0.15, -0.1) is 11.8 Å². The van der Waals surface area contributed by atoms with Crippen LogP contribution in [-0.2, 0) is 4.79 Å². The Morgan fingerprint density at radius 3 is 2.53 bits per heavy atom. The van der Waals surface area contributed by atoms with E-state index in [0.29, 0.717) is 0 Å². The summed E-state index contributed by atoms with van der Waals surface area (Å²) in [6, 6.07) is 4.87. The van der Waals surface area contributed by atoms with E-state index in [9.17, 15) is 9.59 Å². The van der Waals surface area contributed by atoms with Gasteiger partial charge in [0.05, 0.1) is 12.7 Å². The van der Waals surface area contributed by atoms with Crippen LogP contribution in [0.15, 0.2) is 23.1 Å². The molecule has 0 aliphatic heterocycles. The Balaban J connectivity index is 3.23. The molecule has 80 valence electrons. The number of hydrogen-bond donors (Lipinski definition) is 1. The van der Waals surface area contributed by atoms with E-state index >= 15 is 0 Å². The van der Waals surface area contributed by atoms with Gasteiger partial charge in [-0.25, -0.2) is 4.79 Å². The highest BCUT2D eigenvalue weighted by atomic mass is 32.2. The zero-order valence-corrected chi connectivity index (χ0v) is 9.13. The van der Waals surface area contributed by atoms with E-state index in [4.69, 9.17) is 9.84 Å². The molecule has 0 saturated heterocycles. The molecule has 0 unspecified atom stereocenters. The zero-order valence-electron chi connectivity index (χ0n) is 8.31. The lowest BCUT2D eigenvalue weighted by Gasteiger charge is -2.06. The van der Waals surface area contributed by atoms with E-state index in [-0.39, 0.29) is 11.3 Å². The zero-order chi connectivity index (χ0) is 11.4. The first-order valence-corrected chi connectivity index (χ1v) is 5.32. The molecule has 0 aliphatic carbocycles. The Labute approximate surface area is 91.2 Å². The molecular formula is C10H10O4S. The number of carboxylic acids is 1. The second kappa shape index (κ2) is 4.84. The molecule has 0 heterocycles. The number of carboxylic acid groups (broad SMARTS) is 1. The standard InChI is InChI=1S/C10H10O4S/c1-14-8-4-3-6(15-2)5-7(8)9(11)10(12)13/h3-5H,1-2H3,(H,12,13). The van der Waals surface area contributed by atoms with Gasteiger partial charge in [0.15, 0.2) is 0 Å². The smallest absolute Gasteiger partial charge is 0.377 e. The van der Waals surface area contributed by atoms with E-state index in [1.807, 2.05) is 6.26 Å². The molecule has 0 bridgehead atoms. The number of Topliss-reactive ketones (excluding diaryl/α,β-unsaturated/α-hetero) is 1. The van der Waals surface area contributed by atoms with Crippen LogP contribution in [0.5, 0.6) is 5.75 Å². The van der Waals surface area contributed by atoms with Crippen molar-refractivity contribution < 1.29 is 19.4 Å². The third kappa shape index (κ3) is 2.50. The highest BCUT2D eigenvalue weighted by molar-refractivity contribution is 7.98. The summed E-state index contributed by atoms with van der Waals surface area (Å²) in [5, 5.41) is 8.61. The first-order valence-electron chi connectivity index (χ1n) is 4.09. The Bertz CT molecular complexity index is 400. The number of thioether (sulfide) groups is 1. The fourth-order valence-corrected chi connectivity index (χ4v) is 1.55. The largest absolute Gasteiger partial charge is 0.496 e. The molecule has 5 heteroatoms. The molecule has 1 aromatic rings. The second-order valence-electron chi connectivity index (χ2n) is 2.70. The van der Waals surface area contributed by atoms with Gasteiger partial charge < -0.3 is 9.84 Å². The molecular weight excluding hydrogens is 216 g/mol. The average molecular weight is 226 g/mol. The maximum atomic E-state index is 11.3. The minimum atomic E-state index is -1.48. The van der Waals surface area contributed by atoms with Crippen molar-refractivity contribution in [2.24, 2.45) is 0 Å². The third-order valence-electron chi connectivity index (χ3n) is 1.85. The molecule has 0 aliphatic rings. The first-order chi connectivity index (χ1) is 7.10. The Kier molecular flexibility index (Phi) is 3.74. The summed E-state index contributed by atoms with van der Waals surface area (Å²) in [7, 11) is 1.40. The third-order valence-corrected chi connectivity index (χ3v) is 2.57. The summed E-state index contributed by atoms with van der Waals surface area (Å²) in [6.45, 7) is 0. The van der Waals surface area contributed by atoms with Crippen LogP contribution < -0.4 is 4.74 Å². The number of rotatable bonds is 4. The molecule has 0 atom stereocenters. The van der Waals surface area contributed by atoms with Gasteiger partial charge in [-0.3, -0.25) is 4.79 Å². The molecule has 1 N–H and O–H groups in total. The van der Waals surface area contributed by atoms with Crippen molar-refractivity contribution in [1.82, 2.24) is 0 Å². The fourth-order valence-electron chi connectivity index (χ4n) is 1.11. The second-order valence-corrected chi connectivity index (χ2v) is 3.58. The van der Waals surface area contributed by atoms with E-state index in [1.165, 1.54) is 24.9 Å². The minimum absolute atomic E-state index is 0.0804. The summed E-state index contributed by atoms with van der Waals surface area (Å²) in [6.07, 6.45) is 1.84. The number of benzene rings is 1. The van der Waals surface area contributed by atoms with Crippen LogP contribution in [0.3, 0.4) is 0 Å². The Morgan fingerprint density at radius 2 is 2.07 bits per heavy atom. The maximum absolute atomic E-state index is 11.3. The number of hydrogen-bond acceptors (Lipinski definition) is 4. The topological polar surface area (TPSA) is 63.6 Å². The van der Waals surface area contributed by atoms with E-state index in [2.05, 4.69) is 0 Å². The predicted molar refractivity (Wildman–Crippen MR) is 56.7 cm³/mol. The molecule has 1 rings (SSSR count). The van der Waals surface area contributed by atoms with E-state index in [1.54, 1.807) is 12.1 Å². The Morgan fingerprint density at radius 1 is 1.40 bits per heavy atom. The molecule has 0 radical (unpaired) electrons. The van der Waals surface area contributed by atoms with Crippen LogP contribution >= 0.6 is 11.8 Å². The highest BCUT2D eigenvalue weighted by Gasteiger charge is 2.19. The van der Waals surface area contributed by atoms with Crippen molar-refractivity contribution >= 4 is 23.5 Å². The number of carbonyl (C=O) groups is 2. The molecule has 0 aromatic heterocycles. The number of methoxy groups -OCH3 is 1. The van der Waals surface area contributed by atoms with Crippen LogP contribution in [0.2, 0.25) is 0 Å². The lowest BCUT2D eigenvalue weighted by Crippen LogP contribution is -2.13. The van der Waals surface area contributed by atoms with Crippen molar-refractivity contribution in [3.63, 3.8) is 0 Å². The molecule has 0 saturated carbocycles. The molecule has 1 aromatic carbocycles. The van der Waals surface area contributed by atoms with Crippen LogP contribution in [-0.4, -0.2) is 30.2 Å². The number of aliphatic carboxylic acids is 1. The summed E-state index contributed by atoms with van der Waals surface area (Å²) in [5.74, 6) is -2.16. The van der Waals surface area contributed by atoms with Crippen LogP contribution in [0.4, 0.5) is 0 Å². The molecule has 15 heavy (non-hydrogen) atoms. The van der Waals surface area contributed by atoms with Crippen LogP contribution in [0.1, 0.15) is 10.4 Å². The normalized spacial score (nSPS) is 9.73. The summed E-state index contributed by atoms with van der Waals surface area (Å²) >= 11 is 1.43. The van der Waals surface area contributed by atoms with Crippen molar-refractivity contribution in [1.29, 1.82) is 0 Å². The fraction of sp³-hybridized carbons (Fsp3) is 0.200. The van der Waals surface area contributed by atoms with Crippen LogP contribution in [0.25, 0.3) is 0 Å². The van der Waals surface area contributed by atoms with Gasteiger partial charge >= 0.3 is 5.97 Å². The summed E-state index contributed by atoms with van der Waals surface area (Å²) in [4.78, 5) is 22.7. The minimum Gasteiger partial charge on any atom is -0.496 e. The van der Waals surface area contributed by atoms with Gasteiger partial charge in [0.1, 0.15) is 5.75 Å². The molecule has 0 fully saturated rings. The van der Waals surface area contributed by atoms with Gasteiger partial charge in [0.2, 0.25) is 0 Å². The number of ketones is 1. The molecule has 4 nitrogen and oxygen atoms in total. The van der Waals surface area contributed by atoms with Gasteiger partial charge in [0, 0.05) is 4.90 Å². The lowest BCUT2D eigenvalue weighted by atomic mass is 10.1. The average Bonchev–Trinajstić information content (AvgIpc) is 2.27. The quantitative estimate of drug-likeness (QED) is 0.481. The summed E-state index contributed by atoms with van der Waals surface area (Å²) < 4.78 is 4.92. The van der Waals surface area contributed by atoms with Crippen LogP contribution in [0, 0.1) is 0 Å². The summed E-state index contributed by atoms with van der Waals surface area (Å²) in [5.41, 5.74) is 0.0804. The first kappa shape index (κ1) is 11.6. The SMILES string of the molecule is COc1ccc(SC)cc1C(=O)C(=O)O. The number of ether oxygens (including phenoxy) is 1. The van der Waals surface area contributed by atoms with Gasteiger partial charge in [-0.1, -0.05) is 0 Å². The predicted octanol–water partition coefficient (Wildman–Crippen LogP) is 1.68. The highest BCUT2D eigenvalue weighted by Crippen LogP contribution is 2.25. The Hall–Kier alpha value is -1.49. The van der Waals surface area contributed by atoms with E-state index in [0.717, 1.165) is 4.90 Å². The van der Waals surface area contributed by atoms with Crippen molar-refractivity contribution in [2.75, 3.05) is 13.4 Å². The lowest BCUT2D eigenvalue weighted by molar-refractivity contribution is -0.131. The van der Waals surface area contributed by atoms with E-state index < -0.39 is 11.8 Å². The molecule has 0 amide bonds. The van der Waals surface area contributed by atoms with Crippen molar-refractivity contribution in [2.45, 2.75) is 4.90 Å². The van der Waals surface area contributed by atoms with Crippen molar-refractivity contribution in [3.8, 4) is 5.75 Å². The number of carbonyl (C=O) groups excluding carboxylic acids is 1. The van der Waals surface area contributed by atoms with Gasteiger partial charge in [-0.05, 0) is 24.5 Å². The van der Waals surface area contributed by atoms with Gasteiger partial charge in [0.25, 0.3) is 5.78 Å². The van der Waals surface area contributed by atoms with Crippen molar-refractivity contribution in [3.05, 3.63) is 23.8 Å².